The van der Waals surface area contributed by atoms with Crippen LogP contribution in [0.5, 0.6) is 0 Å². The summed E-state index contributed by atoms with van der Waals surface area (Å²) in [7, 11) is 3.05. The second kappa shape index (κ2) is 6.55. The Labute approximate surface area is 120 Å². The summed E-state index contributed by atoms with van der Waals surface area (Å²) in [6.07, 6.45) is 0.205. The van der Waals surface area contributed by atoms with Crippen LogP contribution in [0.15, 0.2) is 24.3 Å². The van der Waals surface area contributed by atoms with E-state index in [2.05, 4.69) is 25.5 Å². The van der Waals surface area contributed by atoms with Gasteiger partial charge in [0.05, 0.1) is 13.5 Å². The fraction of sp³-hybridized carbons (Fsp3) is 0.500. The number of hydrogen-bond donors (Lipinski definition) is 0. The molecule has 4 heteroatoms. The van der Waals surface area contributed by atoms with Crippen LogP contribution in [0.25, 0.3) is 0 Å². The third-order valence-electron chi connectivity index (χ3n) is 3.19. The van der Waals surface area contributed by atoms with Crippen molar-refractivity contribution < 1.29 is 14.3 Å². The van der Waals surface area contributed by atoms with Crippen molar-refractivity contribution in [1.82, 2.24) is 4.90 Å². The van der Waals surface area contributed by atoms with Crippen molar-refractivity contribution in [2.45, 2.75) is 32.6 Å². The molecule has 1 amide bonds. The number of ether oxygens (including phenoxy) is 1. The van der Waals surface area contributed by atoms with E-state index < -0.39 is 0 Å². The highest BCUT2D eigenvalue weighted by Crippen LogP contribution is 2.26. The number of rotatable bonds is 4. The summed E-state index contributed by atoms with van der Waals surface area (Å²) in [4.78, 5) is 25.2. The van der Waals surface area contributed by atoms with E-state index in [1.54, 1.807) is 11.9 Å². The summed E-state index contributed by atoms with van der Waals surface area (Å²) in [5.41, 5.74) is 1.59. The number of methoxy groups -OCH3 is 1. The first-order valence-electron chi connectivity index (χ1n) is 6.69. The van der Waals surface area contributed by atoms with Crippen molar-refractivity contribution in [1.29, 1.82) is 0 Å². The van der Waals surface area contributed by atoms with E-state index in [0.29, 0.717) is 12.1 Å². The molecule has 1 aromatic rings. The first-order chi connectivity index (χ1) is 9.27. The van der Waals surface area contributed by atoms with Crippen molar-refractivity contribution in [3.05, 3.63) is 35.4 Å². The zero-order chi connectivity index (χ0) is 15.3. The normalized spacial score (nSPS) is 11.1. The predicted octanol–water partition coefficient (Wildman–Crippen LogP) is 2.62. The Morgan fingerprint density at radius 1 is 1.20 bits per heavy atom. The monoisotopic (exact) mass is 277 g/mol. The lowest BCUT2D eigenvalue weighted by atomic mass is 9.83. The summed E-state index contributed by atoms with van der Waals surface area (Å²) in [5, 5.41) is 0. The molecule has 0 fully saturated rings. The van der Waals surface area contributed by atoms with Crippen LogP contribution >= 0.6 is 0 Å². The molecule has 0 saturated carbocycles. The van der Waals surface area contributed by atoms with Gasteiger partial charge in [-0.15, -0.1) is 0 Å². The molecule has 0 saturated heterocycles. The number of hydrogen-bond acceptors (Lipinski definition) is 3. The second-order valence-corrected chi connectivity index (χ2v) is 5.85. The molecule has 0 aromatic heterocycles. The largest absolute Gasteiger partial charge is 0.469 e. The Kier molecular flexibility index (Phi) is 5.31. The molecule has 110 valence electrons. The maximum Gasteiger partial charge on any atom is 0.307 e. The fourth-order valence-corrected chi connectivity index (χ4v) is 1.99. The smallest absolute Gasteiger partial charge is 0.307 e. The molecule has 0 heterocycles. The van der Waals surface area contributed by atoms with Gasteiger partial charge in [0.1, 0.15) is 0 Å². The predicted molar refractivity (Wildman–Crippen MR) is 78.7 cm³/mol. The van der Waals surface area contributed by atoms with E-state index in [1.807, 2.05) is 24.3 Å². The van der Waals surface area contributed by atoms with Gasteiger partial charge in [-0.2, -0.15) is 0 Å². The number of carbonyl (C=O) groups excluding carboxylic acids is 2. The van der Waals surface area contributed by atoms with E-state index in [-0.39, 0.29) is 23.7 Å². The van der Waals surface area contributed by atoms with Crippen LogP contribution in [-0.4, -0.2) is 37.5 Å². The Balaban J connectivity index is 2.90. The van der Waals surface area contributed by atoms with Crippen molar-refractivity contribution >= 4 is 11.9 Å². The third kappa shape index (κ3) is 4.08. The highest BCUT2D eigenvalue weighted by molar-refractivity contribution is 5.96. The van der Waals surface area contributed by atoms with Gasteiger partial charge in [-0.3, -0.25) is 9.59 Å². The zero-order valence-corrected chi connectivity index (χ0v) is 12.9. The molecule has 0 aliphatic carbocycles. The summed E-state index contributed by atoms with van der Waals surface area (Å²) in [5.74, 6) is -0.381. The third-order valence-corrected chi connectivity index (χ3v) is 3.19. The summed E-state index contributed by atoms with van der Waals surface area (Å²) in [6, 6.07) is 7.60. The molecule has 0 unspecified atom stereocenters. The lowest BCUT2D eigenvalue weighted by Crippen LogP contribution is -2.31. The minimum absolute atomic E-state index is 0.0700. The summed E-state index contributed by atoms with van der Waals surface area (Å²) >= 11 is 0. The van der Waals surface area contributed by atoms with Gasteiger partial charge in [0.2, 0.25) is 0 Å². The van der Waals surface area contributed by atoms with Gasteiger partial charge in [-0.1, -0.05) is 39.0 Å². The van der Waals surface area contributed by atoms with Gasteiger partial charge >= 0.3 is 5.97 Å². The standard InChI is InChI=1S/C16H23NO3/c1-16(2,3)13-9-7-6-8-12(13)15(19)17(4)11-10-14(18)20-5/h6-9H,10-11H2,1-5H3. The van der Waals surface area contributed by atoms with E-state index in [4.69, 9.17) is 0 Å². The Hall–Kier alpha value is -1.84. The molecule has 0 radical (unpaired) electrons. The molecule has 0 bridgehead atoms. The molecule has 20 heavy (non-hydrogen) atoms. The lowest BCUT2D eigenvalue weighted by molar-refractivity contribution is -0.140. The number of nitrogens with zero attached hydrogens (tertiary/aromatic N) is 1. The SMILES string of the molecule is COC(=O)CCN(C)C(=O)c1ccccc1C(C)(C)C. The van der Waals surface area contributed by atoms with Crippen LogP contribution in [0.1, 0.15) is 43.1 Å². The van der Waals surface area contributed by atoms with Crippen LogP contribution in [0.3, 0.4) is 0 Å². The fourth-order valence-electron chi connectivity index (χ4n) is 1.99. The van der Waals surface area contributed by atoms with Gasteiger partial charge < -0.3 is 9.64 Å². The van der Waals surface area contributed by atoms with Gasteiger partial charge in [-0.25, -0.2) is 0 Å². The number of esters is 1. The topological polar surface area (TPSA) is 46.6 Å². The van der Waals surface area contributed by atoms with Crippen LogP contribution in [0.4, 0.5) is 0 Å². The molecular weight excluding hydrogens is 254 g/mol. The summed E-state index contributed by atoms with van der Waals surface area (Å²) < 4.78 is 4.59. The highest BCUT2D eigenvalue weighted by atomic mass is 16.5. The second-order valence-electron chi connectivity index (χ2n) is 5.85. The van der Waals surface area contributed by atoms with Gasteiger partial charge in [0, 0.05) is 19.2 Å². The van der Waals surface area contributed by atoms with Crippen LogP contribution < -0.4 is 0 Å². The average Bonchev–Trinajstić information content (AvgIpc) is 2.42. The van der Waals surface area contributed by atoms with Crippen LogP contribution in [0.2, 0.25) is 0 Å². The molecule has 1 aromatic carbocycles. The highest BCUT2D eigenvalue weighted by Gasteiger charge is 2.23. The molecule has 0 aliphatic rings. The lowest BCUT2D eigenvalue weighted by Gasteiger charge is -2.25. The van der Waals surface area contributed by atoms with E-state index in [1.165, 1.54) is 7.11 Å². The molecule has 0 atom stereocenters. The van der Waals surface area contributed by atoms with Crippen molar-refractivity contribution in [2.75, 3.05) is 20.7 Å². The first-order valence-corrected chi connectivity index (χ1v) is 6.69. The Morgan fingerprint density at radius 2 is 1.80 bits per heavy atom. The van der Waals surface area contributed by atoms with E-state index >= 15 is 0 Å². The Morgan fingerprint density at radius 3 is 2.35 bits per heavy atom. The Bertz CT molecular complexity index is 489. The van der Waals surface area contributed by atoms with Gasteiger partial charge in [0.15, 0.2) is 0 Å². The van der Waals surface area contributed by atoms with Crippen molar-refractivity contribution in [3.8, 4) is 0 Å². The molecule has 0 N–H and O–H groups in total. The number of benzene rings is 1. The summed E-state index contributed by atoms with van der Waals surface area (Å²) in [6.45, 7) is 6.58. The molecular formula is C16H23NO3. The van der Waals surface area contributed by atoms with Gasteiger partial charge in [-0.05, 0) is 17.0 Å². The van der Waals surface area contributed by atoms with E-state index in [0.717, 1.165) is 5.56 Å². The van der Waals surface area contributed by atoms with Crippen LogP contribution in [-0.2, 0) is 14.9 Å². The average molecular weight is 277 g/mol. The molecule has 0 aliphatic heterocycles. The maximum absolute atomic E-state index is 12.5. The quantitative estimate of drug-likeness (QED) is 0.795. The van der Waals surface area contributed by atoms with Crippen molar-refractivity contribution in [3.63, 3.8) is 0 Å². The number of amides is 1. The first kappa shape index (κ1) is 16.2. The van der Waals surface area contributed by atoms with E-state index in [9.17, 15) is 9.59 Å². The maximum atomic E-state index is 12.5. The minimum atomic E-state index is -0.311. The van der Waals surface area contributed by atoms with Crippen molar-refractivity contribution in [2.24, 2.45) is 0 Å². The van der Waals surface area contributed by atoms with Gasteiger partial charge in [0.25, 0.3) is 5.91 Å². The molecule has 4 nitrogen and oxygen atoms in total. The number of carbonyl (C=O) groups is 2. The minimum Gasteiger partial charge on any atom is -0.469 e. The molecule has 1 rings (SSSR count). The van der Waals surface area contributed by atoms with Crippen LogP contribution in [0, 0.1) is 0 Å². The zero-order valence-electron chi connectivity index (χ0n) is 12.9. The molecule has 0 spiro atoms.